The van der Waals surface area contributed by atoms with E-state index in [0.717, 1.165) is 21.0 Å². The van der Waals surface area contributed by atoms with Crippen molar-refractivity contribution in [3.63, 3.8) is 0 Å². The maximum absolute atomic E-state index is 13.8. The van der Waals surface area contributed by atoms with Gasteiger partial charge < -0.3 is 10.2 Å². The Morgan fingerprint density at radius 3 is 2.11 bits per heavy atom. The zero-order valence-corrected chi connectivity index (χ0v) is 22.0. The van der Waals surface area contributed by atoms with Crippen molar-refractivity contribution in [1.29, 1.82) is 0 Å². The van der Waals surface area contributed by atoms with E-state index in [9.17, 15) is 18.0 Å². The molecule has 7 nitrogen and oxygen atoms in total. The minimum atomic E-state index is -4.07. The molecule has 0 aliphatic heterocycles. The van der Waals surface area contributed by atoms with E-state index in [-0.39, 0.29) is 17.3 Å². The van der Waals surface area contributed by atoms with Gasteiger partial charge in [0.15, 0.2) is 0 Å². The third kappa shape index (κ3) is 6.12. The molecule has 1 atom stereocenters. The van der Waals surface area contributed by atoms with E-state index in [1.807, 2.05) is 57.2 Å². The summed E-state index contributed by atoms with van der Waals surface area (Å²) in [6.07, 6.45) is 0. The van der Waals surface area contributed by atoms with Crippen LogP contribution in [0.2, 0.25) is 0 Å². The Kier molecular flexibility index (Phi) is 8.88. The highest BCUT2D eigenvalue weighted by atomic mass is 32.2. The minimum Gasteiger partial charge on any atom is -0.355 e. The van der Waals surface area contributed by atoms with Gasteiger partial charge in [-0.1, -0.05) is 60.7 Å². The Labute approximate surface area is 213 Å². The zero-order valence-electron chi connectivity index (χ0n) is 21.1. The van der Waals surface area contributed by atoms with Crippen molar-refractivity contribution >= 4 is 27.5 Å². The molecule has 0 saturated carbocycles. The molecule has 3 aromatic rings. The van der Waals surface area contributed by atoms with Crippen LogP contribution >= 0.6 is 0 Å². The summed E-state index contributed by atoms with van der Waals surface area (Å²) in [4.78, 5) is 28.0. The van der Waals surface area contributed by atoms with Crippen molar-refractivity contribution in [2.24, 2.45) is 0 Å². The highest BCUT2D eigenvalue weighted by Crippen LogP contribution is 2.29. The van der Waals surface area contributed by atoms with Crippen LogP contribution in [0.5, 0.6) is 0 Å². The number of rotatable bonds is 10. The predicted molar refractivity (Wildman–Crippen MR) is 142 cm³/mol. The molecule has 8 heteroatoms. The van der Waals surface area contributed by atoms with Gasteiger partial charge in [-0.3, -0.25) is 13.9 Å². The van der Waals surface area contributed by atoms with Gasteiger partial charge in [0.1, 0.15) is 12.6 Å². The van der Waals surface area contributed by atoms with Crippen molar-refractivity contribution in [2.75, 3.05) is 17.4 Å². The van der Waals surface area contributed by atoms with Gasteiger partial charge in [0.05, 0.1) is 10.6 Å². The number of likely N-dealkylation sites (N-methyl/N-ethyl adjacent to an activating group) is 1. The first-order chi connectivity index (χ1) is 17.2. The van der Waals surface area contributed by atoms with E-state index in [1.165, 1.54) is 17.0 Å². The number of sulfonamides is 1. The molecule has 1 unspecified atom stereocenters. The number of hydrogen-bond donors (Lipinski definition) is 1. The second-order valence-electron chi connectivity index (χ2n) is 8.62. The summed E-state index contributed by atoms with van der Waals surface area (Å²) in [5, 5.41) is 2.76. The molecule has 3 rings (SSSR count). The molecule has 0 aliphatic rings. The van der Waals surface area contributed by atoms with Crippen molar-refractivity contribution in [1.82, 2.24) is 10.2 Å². The maximum Gasteiger partial charge on any atom is 0.264 e. The second kappa shape index (κ2) is 11.9. The van der Waals surface area contributed by atoms with Gasteiger partial charge in [0.25, 0.3) is 10.0 Å². The van der Waals surface area contributed by atoms with Crippen LogP contribution in [0.1, 0.15) is 30.5 Å². The number of aryl methyl sites for hydroxylation is 1. The molecule has 0 heterocycles. The van der Waals surface area contributed by atoms with Gasteiger partial charge in [-0.05, 0) is 62.6 Å². The molecule has 0 aliphatic carbocycles. The van der Waals surface area contributed by atoms with E-state index < -0.39 is 28.5 Å². The summed E-state index contributed by atoms with van der Waals surface area (Å²) in [6, 6.07) is 22.0. The largest absolute Gasteiger partial charge is 0.355 e. The number of anilines is 1. The Hall–Kier alpha value is -3.65. The number of benzene rings is 3. The van der Waals surface area contributed by atoms with Crippen LogP contribution in [0.4, 0.5) is 5.69 Å². The molecule has 36 heavy (non-hydrogen) atoms. The Morgan fingerprint density at radius 1 is 0.889 bits per heavy atom. The molecule has 1 N–H and O–H groups in total. The molecular weight excluding hydrogens is 474 g/mol. The van der Waals surface area contributed by atoms with Gasteiger partial charge in [0, 0.05) is 13.1 Å². The normalized spacial score (nSPS) is 12.0. The number of amides is 2. The van der Waals surface area contributed by atoms with E-state index in [0.29, 0.717) is 12.2 Å². The fraction of sp³-hybridized carbons (Fsp3) is 0.286. The monoisotopic (exact) mass is 507 g/mol. The summed E-state index contributed by atoms with van der Waals surface area (Å²) >= 11 is 0. The molecule has 190 valence electrons. The van der Waals surface area contributed by atoms with E-state index in [1.54, 1.807) is 37.3 Å². The van der Waals surface area contributed by atoms with Gasteiger partial charge in [-0.2, -0.15) is 0 Å². The first-order valence-electron chi connectivity index (χ1n) is 11.9. The lowest BCUT2D eigenvalue weighted by atomic mass is 10.1. The topological polar surface area (TPSA) is 86.8 Å². The zero-order chi connectivity index (χ0) is 26.3. The van der Waals surface area contributed by atoms with Crippen LogP contribution in [0.15, 0.2) is 83.8 Å². The smallest absolute Gasteiger partial charge is 0.264 e. The van der Waals surface area contributed by atoms with E-state index >= 15 is 0 Å². The number of hydrogen-bond acceptors (Lipinski definition) is 4. The van der Waals surface area contributed by atoms with Gasteiger partial charge >= 0.3 is 0 Å². The third-order valence-corrected chi connectivity index (χ3v) is 7.94. The van der Waals surface area contributed by atoms with Crippen LogP contribution in [0.3, 0.4) is 0 Å². The first kappa shape index (κ1) is 26.9. The van der Waals surface area contributed by atoms with Crippen LogP contribution in [-0.4, -0.2) is 44.3 Å². The highest BCUT2D eigenvalue weighted by Gasteiger charge is 2.33. The second-order valence-corrected chi connectivity index (χ2v) is 10.5. The van der Waals surface area contributed by atoms with Gasteiger partial charge in [-0.25, -0.2) is 8.42 Å². The minimum absolute atomic E-state index is 0.0880. The fourth-order valence-corrected chi connectivity index (χ4v) is 5.42. The lowest BCUT2D eigenvalue weighted by Crippen LogP contribution is -2.51. The summed E-state index contributed by atoms with van der Waals surface area (Å²) < 4.78 is 28.7. The van der Waals surface area contributed by atoms with Crippen molar-refractivity contribution in [3.05, 3.63) is 95.6 Å². The Bertz CT molecular complexity index is 1290. The van der Waals surface area contributed by atoms with Gasteiger partial charge in [0.2, 0.25) is 11.8 Å². The summed E-state index contributed by atoms with van der Waals surface area (Å²) in [5.41, 5.74) is 2.94. The van der Waals surface area contributed by atoms with Crippen LogP contribution in [0, 0.1) is 13.8 Å². The fourth-order valence-electron chi connectivity index (χ4n) is 3.92. The number of carbonyl (C=O) groups excluding carboxylic acids is 2. The number of carbonyl (C=O) groups is 2. The molecule has 0 saturated heterocycles. The van der Waals surface area contributed by atoms with Crippen LogP contribution < -0.4 is 9.62 Å². The maximum atomic E-state index is 13.8. The number of nitrogens with zero attached hydrogens (tertiary/aromatic N) is 2. The van der Waals surface area contributed by atoms with Crippen molar-refractivity contribution < 1.29 is 18.0 Å². The molecule has 0 aromatic heterocycles. The summed E-state index contributed by atoms with van der Waals surface area (Å²) in [6.45, 7) is 7.34. The molecule has 0 bridgehead atoms. The van der Waals surface area contributed by atoms with Crippen LogP contribution in [0.25, 0.3) is 0 Å². The molecular formula is C28H33N3O4S. The average molecular weight is 508 g/mol. The lowest BCUT2D eigenvalue weighted by molar-refractivity contribution is -0.139. The molecule has 3 aromatic carbocycles. The quantitative estimate of drug-likeness (QED) is 0.449. The Balaban J connectivity index is 2.05. The molecule has 0 radical (unpaired) electrons. The lowest BCUT2D eigenvalue weighted by Gasteiger charge is -2.32. The standard InChI is InChI=1S/C28H33N3O4S/c1-5-29-28(33)23(4)30(19-24-14-8-6-9-15-24)27(32)20-31(26-18-12-13-21(2)22(26)3)36(34,35)25-16-10-7-11-17-25/h6-18,23H,5,19-20H2,1-4H3,(H,29,33). The number of nitrogens with one attached hydrogen (secondary N) is 1. The first-order valence-corrected chi connectivity index (χ1v) is 13.4. The van der Waals surface area contributed by atoms with E-state index in [4.69, 9.17) is 0 Å². The molecule has 0 spiro atoms. The van der Waals surface area contributed by atoms with Crippen LogP contribution in [-0.2, 0) is 26.2 Å². The summed E-state index contributed by atoms with van der Waals surface area (Å²) in [5.74, 6) is -0.774. The SMILES string of the molecule is CCNC(=O)C(C)N(Cc1ccccc1)C(=O)CN(c1cccc(C)c1C)S(=O)(=O)c1ccccc1. The average Bonchev–Trinajstić information content (AvgIpc) is 2.88. The van der Waals surface area contributed by atoms with Crippen molar-refractivity contribution in [3.8, 4) is 0 Å². The van der Waals surface area contributed by atoms with E-state index in [2.05, 4.69) is 5.32 Å². The molecule has 2 amide bonds. The van der Waals surface area contributed by atoms with Gasteiger partial charge in [-0.15, -0.1) is 0 Å². The highest BCUT2D eigenvalue weighted by molar-refractivity contribution is 7.92. The third-order valence-electron chi connectivity index (χ3n) is 6.17. The molecule has 0 fully saturated rings. The van der Waals surface area contributed by atoms with Crippen molar-refractivity contribution in [2.45, 2.75) is 45.2 Å². The predicted octanol–water partition coefficient (Wildman–Crippen LogP) is 4.05. The Morgan fingerprint density at radius 2 is 1.50 bits per heavy atom. The summed E-state index contributed by atoms with van der Waals surface area (Å²) in [7, 11) is -4.07.